The molecule has 0 saturated heterocycles. The Morgan fingerprint density at radius 2 is 1.61 bits per heavy atom. The van der Waals surface area contributed by atoms with Gasteiger partial charge in [-0.05, 0) is 68.1 Å². The van der Waals surface area contributed by atoms with Crippen LogP contribution < -0.4 is 4.90 Å². The van der Waals surface area contributed by atoms with E-state index >= 15 is 0 Å². The standard InChI is InChI=1S/C25H28N4O2/c1-15-6-8-20(12-17(15)3)23(30)19(5)14-22-26-27-24-25(31)28(10-11-29(22)24)21-9-7-16(2)18(4)13-21/h6-9,12-13,19H,10-11,14H2,1-5H3. The van der Waals surface area contributed by atoms with Crippen LogP contribution in [0.4, 0.5) is 5.69 Å². The van der Waals surface area contributed by atoms with Gasteiger partial charge in [0.1, 0.15) is 5.82 Å². The summed E-state index contributed by atoms with van der Waals surface area (Å²) in [5.74, 6) is 0.710. The van der Waals surface area contributed by atoms with Crippen molar-refractivity contribution in [3.8, 4) is 0 Å². The predicted octanol–water partition coefficient (Wildman–Crippen LogP) is 4.23. The molecule has 3 aromatic rings. The molecule has 0 saturated carbocycles. The fraction of sp³-hybridized carbons (Fsp3) is 0.360. The molecule has 160 valence electrons. The molecule has 0 spiro atoms. The summed E-state index contributed by atoms with van der Waals surface area (Å²) in [6.45, 7) is 11.2. The van der Waals surface area contributed by atoms with Crippen LogP contribution >= 0.6 is 0 Å². The van der Waals surface area contributed by atoms with Gasteiger partial charge in [0.25, 0.3) is 5.91 Å². The van der Waals surface area contributed by atoms with Gasteiger partial charge in [-0.2, -0.15) is 0 Å². The minimum Gasteiger partial charge on any atom is -0.305 e. The van der Waals surface area contributed by atoms with E-state index in [2.05, 4.69) is 17.1 Å². The van der Waals surface area contributed by atoms with Crippen LogP contribution in [0.15, 0.2) is 36.4 Å². The maximum Gasteiger partial charge on any atom is 0.296 e. The number of hydrogen-bond donors (Lipinski definition) is 0. The Labute approximate surface area is 182 Å². The number of ketones is 1. The Bertz CT molecular complexity index is 1180. The van der Waals surface area contributed by atoms with Crippen LogP contribution in [0.1, 0.15) is 56.0 Å². The van der Waals surface area contributed by atoms with Crippen molar-refractivity contribution < 1.29 is 9.59 Å². The Morgan fingerprint density at radius 1 is 0.935 bits per heavy atom. The quantitative estimate of drug-likeness (QED) is 0.584. The zero-order valence-corrected chi connectivity index (χ0v) is 18.8. The van der Waals surface area contributed by atoms with Crippen LogP contribution in [0.3, 0.4) is 0 Å². The molecule has 6 nitrogen and oxygen atoms in total. The highest BCUT2D eigenvalue weighted by molar-refractivity contribution is 6.04. The van der Waals surface area contributed by atoms with Gasteiger partial charge in [-0.1, -0.05) is 25.1 Å². The summed E-state index contributed by atoms with van der Waals surface area (Å²) >= 11 is 0. The van der Waals surface area contributed by atoms with Crippen molar-refractivity contribution in [3.63, 3.8) is 0 Å². The average molecular weight is 417 g/mol. The lowest BCUT2D eigenvalue weighted by molar-refractivity contribution is 0.0927. The summed E-state index contributed by atoms with van der Waals surface area (Å²) in [5, 5.41) is 8.44. The molecule has 2 aromatic carbocycles. The molecular weight excluding hydrogens is 388 g/mol. The smallest absolute Gasteiger partial charge is 0.296 e. The molecule has 6 heteroatoms. The van der Waals surface area contributed by atoms with Gasteiger partial charge in [0.05, 0.1) is 0 Å². The van der Waals surface area contributed by atoms with Gasteiger partial charge in [-0.15, -0.1) is 10.2 Å². The van der Waals surface area contributed by atoms with E-state index in [-0.39, 0.29) is 17.6 Å². The number of aromatic nitrogens is 3. The first-order valence-corrected chi connectivity index (χ1v) is 10.7. The van der Waals surface area contributed by atoms with Crippen LogP contribution in [-0.2, 0) is 13.0 Å². The monoisotopic (exact) mass is 416 g/mol. The van der Waals surface area contributed by atoms with E-state index in [4.69, 9.17) is 0 Å². The summed E-state index contributed by atoms with van der Waals surface area (Å²) in [5.41, 5.74) is 6.21. The number of amides is 1. The summed E-state index contributed by atoms with van der Waals surface area (Å²) in [4.78, 5) is 27.8. The topological polar surface area (TPSA) is 68.1 Å². The molecule has 31 heavy (non-hydrogen) atoms. The summed E-state index contributed by atoms with van der Waals surface area (Å²) in [7, 11) is 0. The van der Waals surface area contributed by atoms with Crippen molar-refractivity contribution in [2.75, 3.05) is 11.4 Å². The van der Waals surface area contributed by atoms with Crippen molar-refractivity contribution in [2.45, 2.75) is 47.6 Å². The number of fused-ring (bicyclic) bond motifs is 1. The van der Waals surface area contributed by atoms with Gasteiger partial charge < -0.3 is 9.47 Å². The summed E-state index contributed by atoms with van der Waals surface area (Å²) < 4.78 is 1.87. The molecule has 1 aliphatic rings. The molecule has 2 heterocycles. The number of carbonyl (C=O) groups excluding carboxylic acids is 2. The van der Waals surface area contributed by atoms with E-state index in [0.29, 0.717) is 36.7 Å². The number of aryl methyl sites for hydroxylation is 4. The van der Waals surface area contributed by atoms with Crippen LogP contribution in [0, 0.1) is 33.6 Å². The molecule has 1 unspecified atom stereocenters. The highest BCUT2D eigenvalue weighted by Gasteiger charge is 2.31. The van der Waals surface area contributed by atoms with Crippen molar-refractivity contribution in [3.05, 3.63) is 75.9 Å². The molecule has 0 aliphatic carbocycles. The van der Waals surface area contributed by atoms with Gasteiger partial charge >= 0.3 is 0 Å². The maximum absolute atomic E-state index is 13.1. The molecule has 0 fully saturated rings. The molecule has 1 atom stereocenters. The number of anilines is 1. The summed E-state index contributed by atoms with van der Waals surface area (Å²) in [6.07, 6.45) is 0.454. The molecule has 0 N–H and O–H groups in total. The summed E-state index contributed by atoms with van der Waals surface area (Å²) in [6, 6.07) is 11.8. The van der Waals surface area contributed by atoms with Crippen molar-refractivity contribution >= 4 is 17.4 Å². The molecule has 0 radical (unpaired) electrons. The average Bonchev–Trinajstić information content (AvgIpc) is 3.15. The zero-order valence-electron chi connectivity index (χ0n) is 18.8. The van der Waals surface area contributed by atoms with Gasteiger partial charge in [-0.25, -0.2) is 0 Å². The normalized spacial score (nSPS) is 14.5. The van der Waals surface area contributed by atoms with E-state index in [1.54, 1.807) is 4.90 Å². The van der Waals surface area contributed by atoms with Crippen LogP contribution in [0.2, 0.25) is 0 Å². The Balaban J connectivity index is 1.53. The SMILES string of the molecule is Cc1ccc(C(=O)C(C)Cc2nnc3n2CCN(c2ccc(C)c(C)c2)C3=O)cc1C. The van der Waals surface area contributed by atoms with Crippen molar-refractivity contribution in [2.24, 2.45) is 5.92 Å². The van der Waals surface area contributed by atoms with Gasteiger partial charge in [-0.3, -0.25) is 9.59 Å². The van der Waals surface area contributed by atoms with Gasteiger partial charge in [0.15, 0.2) is 5.78 Å². The first-order valence-electron chi connectivity index (χ1n) is 10.7. The Kier molecular flexibility index (Phi) is 5.48. The fourth-order valence-electron chi connectivity index (χ4n) is 3.99. The molecular formula is C25H28N4O2. The highest BCUT2D eigenvalue weighted by Crippen LogP contribution is 2.24. The minimum absolute atomic E-state index is 0.0827. The van der Waals surface area contributed by atoms with Crippen LogP contribution in [0.25, 0.3) is 0 Å². The third-order valence-corrected chi connectivity index (χ3v) is 6.34. The van der Waals surface area contributed by atoms with E-state index < -0.39 is 0 Å². The Hall–Kier alpha value is -3.28. The molecule has 4 rings (SSSR count). The highest BCUT2D eigenvalue weighted by atomic mass is 16.2. The number of Topliss-reactive ketones (excluding diaryl/α,β-unsaturated/α-hetero) is 1. The second kappa shape index (κ2) is 8.10. The lowest BCUT2D eigenvalue weighted by atomic mass is 9.94. The first-order chi connectivity index (χ1) is 14.8. The first kappa shape index (κ1) is 21.0. The maximum atomic E-state index is 13.1. The molecule has 1 amide bonds. The van der Waals surface area contributed by atoms with E-state index in [1.807, 2.05) is 68.7 Å². The van der Waals surface area contributed by atoms with Crippen molar-refractivity contribution in [1.82, 2.24) is 14.8 Å². The van der Waals surface area contributed by atoms with E-state index in [1.165, 1.54) is 11.1 Å². The number of carbonyl (C=O) groups is 2. The van der Waals surface area contributed by atoms with Crippen LogP contribution in [-0.4, -0.2) is 33.0 Å². The zero-order chi connectivity index (χ0) is 22.3. The van der Waals surface area contributed by atoms with Crippen molar-refractivity contribution in [1.29, 1.82) is 0 Å². The van der Waals surface area contributed by atoms with Gasteiger partial charge in [0.2, 0.25) is 5.82 Å². The third-order valence-electron chi connectivity index (χ3n) is 6.34. The number of nitrogens with zero attached hydrogens (tertiary/aromatic N) is 4. The number of rotatable bonds is 5. The number of benzene rings is 2. The number of hydrogen-bond acceptors (Lipinski definition) is 4. The minimum atomic E-state index is -0.247. The van der Waals surface area contributed by atoms with E-state index in [0.717, 1.165) is 16.8 Å². The van der Waals surface area contributed by atoms with Crippen LogP contribution in [0.5, 0.6) is 0 Å². The molecule has 0 bridgehead atoms. The fourth-order valence-corrected chi connectivity index (χ4v) is 3.99. The van der Waals surface area contributed by atoms with E-state index in [9.17, 15) is 9.59 Å². The second-order valence-electron chi connectivity index (χ2n) is 8.59. The van der Waals surface area contributed by atoms with Gasteiger partial charge in [0, 0.05) is 36.7 Å². The lowest BCUT2D eigenvalue weighted by Crippen LogP contribution is -2.41. The molecule has 1 aliphatic heterocycles. The second-order valence-corrected chi connectivity index (χ2v) is 8.59. The Morgan fingerprint density at radius 3 is 2.29 bits per heavy atom. The third kappa shape index (κ3) is 3.90. The predicted molar refractivity (Wildman–Crippen MR) is 121 cm³/mol. The lowest BCUT2D eigenvalue weighted by Gasteiger charge is -2.28. The largest absolute Gasteiger partial charge is 0.305 e. The molecule has 1 aromatic heterocycles.